The zero-order chi connectivity index (χ0) is 13.1. The number of nitrogens with zero attached hydrogens (tertiary/aromatic N) is 2. The normalized spacial score (nSPS) is 14.2. The minimum atomic E-state index is 0.565. The van der Waals surface area contributed by atoms with Crippen molar-refractivity contribution in [2.45, 2.75) is 25.8 Å². The van der Waals surface area contributed by atoms with Crippen LogP contribution in [0.2, 0.25) is 0 Å². The Balaban J connectivity index is 1.79. The van der Waals surface area contributed by atoms with Crippen molar-refractivity contribution in [2.75, 3.05) is 11.9 Å². The van der Waals surface area contributed by atoms with Crippen LogP contribution in [0.15, 0.2) is 36.5 Å². The van der Waals surface area contributed by atoms with Crippen LogP contribution in [0, 0.1) is 0 Å². The van der Waals surface area contributed by atoms with Crippen LogP contribution in [0.5, 0.6) is 5.75 Å². The molecule has 1 aromatic heterocycles. The molecule has 0 bridgehead atoms. The van der Waals surface area contributed by atoms with Crippen LogP contribution in [-0.4, -0.2) is 22.6 Å². The average molecular weight is 255 g/mol. The van der Waals surface area contributed by atoms with Crippen LogP contribution < -0.4 is 10.1 Å². The molecule has 1 N–H and O–H groups in total. The molecule has 4 heteroatoms. The Morgan fingerprint density at radius 3 is 2.68 bits per heavy atom. The van der Waals surface area contributed by atoms with Gasteiger partial charge in [0, 0.05) is 17.8 Å². The molecule has 1 aromatic carbocycles. The monoisotopic (exact) mass is 255 g/mol. The van der Waals surface area contributed by atoms with Crippen molar-refractivity contribution in [1.82, 2.24) is 9.97 Å². The second-order valence-electron chi connectivity index (χ2n) is 4.64. The molecule has 1 aliphatic rings. The van der Waals surface area contributed by atoms with Gasteiger partial charge >= 0.3 is 0 Å². The Hall–Kier alpha value is -2.10. The summed E-state index contributed by atoms with van der Waals surface area (Å²) in [7, 11) is 0. The van der Waals surface area contributed by atoms with Crippen LogP contribution in [0.3, 0.4) is 0 Å². The number of ether oxygens (including phenoxy) is 1. The standard InChI is InChI=1S/C15H17N3O/c1-2-19-13-7-3-11(4-8-13)14-9-10-16-15(18-14)17-12-5-6-12/h3-4,7-10,12H,2,5-6H2,1H3,(H,16,17,18). The summed E-state index contributed by atoms with van der Waals surface area (Å²) in [6.07, 6.45) is 4.23. The first kappa shape index (κ1) is 12.0. The summed E-state index contributed by atoms with van der Waals surface area (Å²) in [6.45, 7) is 2.66. The topological polar surface area (TPSA) is 47.0 Å². The van der Waals surface area contributed by atoms with Gasteiger partial charge in [0.1, 0.15) is 5.75 Å². The molecule has 2 aromatic rings. The van der Waals surface area contributed by atoms with E-state index in [0.29, 0.717) is 18.6 Å². The third-order valence-electron chi connectivity index (χ3n) is 3.03. The highest BCUT2D eigenvalue weighted by Crippen LogP contribution is 2.25. The van der Waals surface area contributed by atoms with E-state index in [0.717, 1.165) is 17.0 Å². The molecule has 1 fully saturated rings. The second-order valence-corrected chi connectivity index (χ2v) is 4.64. The summed E-state index contributed by atoms with van der Waals surface area (Å²) in [5.74, 6) is 1.60. The predicted octanol–water partition coefficient (Wildman–Crippen LogP) is 3.12. The Morgan fingerprint density at radius 2 is 2.00 bits per heavy atom. The van der Waals surface area contributed by atoms with Gasteiger partial charge in [-0.25, -0.2) is 9.97 Å². The zero-order valence-corrected chi connectivity index (χ0v) is 11.0. The lowest BCUT2D eigenvalue weighted by molar-refractivity contribution is 0.340. The summed E-state index contributed by atoms with van der Waals surface area (Å²) in [5, 5.41) is 3.31. The van der Waals surface area contributed by atoms with E-state index in [4.69, 9.17) is 4.74 Å². The summed E-state index contributed by atoms with van der Waals surface area (Å²) in [5.41, 5.74) is 2.01. The molecule has 4 nitrogen and oxygen atoms in total. The van der Waals surface area contributed by atoms with Crippen LogP contribution in [0.4, 0.5) is 5.95 Å². The van der Waals surface area contributed by atoms with E-state index in [9.17, 15) is 0 Å². The SMILES string of the molecule is CCOc1ccc(-c2ccnc(NC3CC3)n2)cc1. The molecule has 1 heterocycles. The first-order valence-electron chi connectivity index (χ1n) is 6.68. The van der Waals surface area contributed by atoms with Gasteiger partial charge in [0.05, 0.1) is 12.3 Å². The molecule has 98 valence electrons. The fraction of sp³-hybridized carbons (Fsp3) is 0.333. The molecular weight excluding hydrogens is 238 g/mol. The number of hydrogen-bond donors (Lipinski definition) is 1. The van der Waals surface area contributed by atoms with E-state index < -0.39 is 0 Å². The Labute approximate surface area is 112 Å². The fourth-order valence-electron chi connectivity index (χ4n) is 1.89. The third-order valence-corrected chi connectivity index (χ3v) is 3.03. The average Bonchev–Trinajstić information content (AvgIpc) is 3.24. The summed E-state index contributed by atoms with van der Waals surface area (Å²) >= 11 is 0. The van der Waals surface area contributed by atoms with Gasteiger partial charge in [0.25, 0.3) is 0 Å². The molecule has 1 saturated carbocycles. The van der Waals surface area contributed by atoms with Crippen molar-refractivity contribution in [1.29, 1.82) is 0 Å². The van der Waals surface area contributed by atoms with Gasteiger partial charge in [0.2, 0.25) is 5.95 Å². The Bertz CT molecular complexity index is 550. The maximum absolute atomic E-state index is 5.44. The van der Waals surface area contributed by atoms with E-state index in [2.05, 4.69) is 15.3 Å². The highest BCUT2D eigenvalue weighted by molar-refractivity contribution is 5.61. The van der Waals surface area contributed by atoms with Crippen molar-refractivity contribution >= 4 is 5.95 Å². The van der Waals surface area contributed by atoms with Gasteiger partial charge < -0.3 is 10.1 Å². The van der Waals surface area contributed by atoms with E-state index in [1.807, 2.05) is 37.3 Å². The molecule has 0 amide bonds. The van der Waals surface area contributed by atoms with Crippen molar-refractivity contribution in [3.63, 3.8) is 0 Å². The summed E-state index contributed by atoms with van der Waals surface area (Å²) < 4.78 is 5.44. The van der Waals surface area contributed by atoms with Gasteiger partial charge in [-0.3, -0.25) is 0 Å². The van der Waals surface area contributed by atoms with Gasteiger partial charge in [-0.15, -0.1) is 0 Å². The fourth-order valence-corrected chi connectivity index (χ4v) is 1.89. The number of hydrogen-bond acceptors (Lipinski definition) is 4. The molecule has 0 atom stereocenters. The van der Waals surface area contributed by atoms with Crippen molar-refractivity contribution in [2.24, 2.45) is 0 Å². The number of aromatic nitrogens is 2. The van der Waals surface area contributed by atoms with E-state index >= 15 is 0 Å². The van der Waals surface area contributed by atoms with Crippen LogP contribution in [0.25, 0.3) is 11.3 Å². The lowest BCUT2D eigenvalue weighted by atomic mass is 10.1. The molecule has 0 saturated heterocycles. The largest absolute Gasteiger partial charge is 0.494 e. The predicted molar refractivity (Wildman–Crippen MR) is 75.3 cm³/mol. The maximum Gasteiger partial charge on any atom is 0.223 e. The number of rotatable bonds is 5. The number of benzene rings is 1. The van der Waals surface area contributed by atoms with Crippen molar-refractivity contribution in [3.05, 3.63) is 36.5 Å². The molecule has 0 spiro atoms. The second kappa shape index (κ2) is 5.26. The van der Waals surface area contributed by atoms with E-state index in [1.54, 1.807) is 6.20 Å². The lowest BCUT2D eigenvalue weighted by Crippen LogP contribution is -2.05. The minimum Gasteiger partial charge on any atom is -0.494 e. The smallest absolute Gasteiger partial charge is 0.223 e. The van der Waals surface area contributed by atoms with Crippen LogP contribution >= 0.6 is 0 Å². The molecule has 0 radical (unpaired) electrons. The van der Waals surface area contributed by atoms with Gasteiger partial charge in [0.15, 0.2) is 0 Å². The molecule has 0 aliphatic heterocycles. The van der Waals surface area contributed by atoms with Crippen molar-refractivity contribution < 1.29 is 4.74 Å². The minimum absolute atomic E-state index is 0.565. The van der Waals surface area contributed by atoms with Gasteiger partial charge in [-0.1, -0.05) is 0 Å². The quantitative estimate of drug-likeness (QED) is 0.891. The number of nitrogens with one attached hydrogen (secondary N) is 1. The molecule has 1 aliphatic carbocycles. The van der Waals surface area contributed by atoms with Crippen LogP contribution in [0.1, 0.15) is 19.8 Å². The molecule has 3 rings (SSSR count). The van der Waals surface area contributed by atoms with Crippen LogP contribution in [-0.2, 0) is 0 Å². The van der Waals surface area contributed by atoms with Gasteiger partial charge in [-0.05, 0) is 50.1 Å². The summed E-state index contributed by atoms with van der Waals surface area (Å²) in [4.78, 5) is 8.78. The van der Waals surface area contributed by atoms with Gasteiger partial charge in [-0.2, -0.15) is 0 Å². The maximum atomic E-state index is 5.44. The summed E-state index contributed by atoms with van der Waals surface area (Å²) in [6, 6.07) is 10.5. The van der Waals surface area contributed by atoms with E-state index in [-0.39, 0.29) is 0 Å². The Kier molecular flexibility index (Phi) is 3.31. The number of anilines is 1. The molecule has 19 heavy (non-hydrogen) atoms. The molecule has 0 unspecified atom stereocenters. The highest BCUT2D eigenvalue weighted by atomic mass is 16.5. The zero-order valence-electron chi connectivity index (χ0n) is 11.0. The van der Waals surface area contributed by atoms with Crippen molar-refractivity contribution in [3.8, 4) is 17.0 Å². The first-order chi connectivity index (χ1) is 9.35. The lowest BCUT2D eigenvalue weighted by Gasteiger charge is -2.06. The molecular formula is C15H17N3O. The Morgan fingerprint density at radius 1 is 1.21 bits per heavy atom. The third kappa shape index (κ3) is 3.02. The van der Waals surface area contributed by atoms with E-state index in [1.165, 1.54) is 12.8 Å². The first-order valence-corrected chi connectivity index (χ1v) is 6.68. The highest BCUT2D eigenvalue weighted by Gasteiger charge is 2.21.